The molecule has 0 radical (unpaired) electrons. The molecule has 2 N–H and O–H groups in total. The first-order valence-electron chi connectivity index (χ1n) is 4.30. The Hall–Kier alpha value is -1.57. The van der Waals surface area contributed by atoms with Crippen molar-refractivity contribution in [2.45, 2.75) is 13.8 Å². The average Bonchev–Trinajstić information content (AvgIpc) is 2.12. The molecule has 2 aromatic rings. The molecule has 2 rings (SSSR count). The van der Waals surface area contributed by atoms with Crippen LogP contribution in [0.5, 0.6) is 0 Å². The Morgan fingerprint density at radius 2 is 2.00 bits per heavy atom. The van der Waals surface area contributed by atoms with Crippen molar-refractivity contribution in [3.63, 3.8) is 0 Å². The standard InChI is InChI=1S/C11H12N2/c1-7-5-9-3-4-11(12)8(2)10(9)6-13-7/h3-6H,12H2,1-2H3. The fourth-order valence-corrected chi connectivity index (χ4v) is 1.49. The molecular formula is C11H12N2. The Kier molecular flexibility index (Phi) is 1.69. The zero-order chi connectivity index (χ0) is 9.42. The molecule has 66 valence electrons. The van der Waals surface area contributed by atoms with Crippen molar-refractivity contribution in [2.24, 2.45) is 0 Å². The van der Waals surface area contributed by atoms with Gasteiger partial charge in [0.1, 0.15) is 0 Å². The predicted molar refractivity (Wildman–Crippen MR) is 55.6 cm³/mol. The number of nitrogens with two attached hydrogens (primary N) is 1. The second-order valence-electron chi connectivity index (χ2n) is 3.33. The van der Waals surface area contributed by atoms with E-state index in [1.165, 1.54) is 5.39 Å². The maximum absolute atomic E-state index is 5.80. The molecule has 1 heterocycles. The molecule has 0 atom stereocenters. The zero-order valence-electron chi connectivity index (χ0n) is 7.83. The van der Waals surface area contributed by atoms with Crippen molar-refractivity contribution in [2.75, 3.05) is 5.73 Å². The van der Waals surface area contributed by atoms with Crippen LogP contribution < -0.4 is 5.73 Å². The van der Waals surface area contributed by atoms with Crippen LogP contribution in [-0.2, 0) is 0 Å². The fraction of sp³-hybridized carbons (Fsp3) is 0.182. The van der Waals surface area contributed by atoms with Gasteiger partial charge in [0.2, 0.25) is 0 Å². The molecule has 0 aliphatic heterocycles. The van der Waals surface area contributed by atoms with Gasteiger partial charge in [0.05, 0.1) is 0 Å². The number of aryl methyl sites for hydroxylation is 2. The van der Waals surface area contributed by atoms with Gasteiger partial charge in [-0.2, -0.15) is 0 Å². The first-order valence-corrected chi connectivity index (χ1v) is 4.30. The molecule has 0 aliphatic rings. The summed E-state index contributed by atoms with van der Waals surface area (Å²) in [7, 11) is 0. The van der Waals surface area contributed by atoms with Gasteiger partial charge in [-0.1, -0.05) is 6.07 Å². The highest BCUT2D eigenvalue weighted by Crippen LogP contribution is 2.22. The quantitative estimate of drug-likeness (QED) is 0.620. The highest BCUT2D eigenvalue weighted by atomic mass is 14.7. The van der Waals surface area contributed by atoms with Gasteiger partial charge < -0.3 is 5.73 Å². The first-order chi connectivity index (χ1) is 6.18. The van der Waals surface area contributed by atoms with Gasteiger partial charge in [-0.25, -0.2) is 0 Å². The summed E-state index contributed by atoms with van der Waals surface area (Å²) in [4.78, 5) is 4.25. The third kappa shape index (κ3) is 1.24. The monoisotopic (exact) mass is 172 g/mol. The molecule has 2 nitrogen and oxygen atoms in total. The largest absolute Gasteiger partial charge is 0.398 e. The lowest BCUT2D eigenvalue weighted by Crippen LogP contribution is -1.91. The second-order valence-corrected chi connectivity index (χ2v) is 3.33. The number of benzene rings is 1. The second kappa shape index (κ2) is 2.73. The Morgan fingerprint density at radius 1 is 1.23 bits per heavy atom. The Balaban J connectivity index is 2.87. The van der Waals surface area contributed by atoms with E-state index in [0.717, 1.165) is 22.3 Å². The van der Waals surface area contributed by atoms with Crippen LogP contribution in [0.3, 0.4) is 0 Å². The van der Waals surface area contributed by atoms with Crippen LogP contribution in [0.1, 0.15) is 11.3 Å². The van der Waals surface area contributed by atoms with Gasteiger partial charge in [0, 0.05) is 23.0 Å². The molecule has 0 spiro atoms. The van der Waals surface area contributed by atoms with Gasteiger partial charge in [0.15, 0.2) is 0 Å². The van der Waals surface area contributed by atoms with Crippen LogP contribution in [0.15, 0.2) is 24.4 Å². The van der Waals surface area contributed by atoms with Crippen LogP contribution >= 0.6 is 0 Å². The molecule has 13 heavy (non-hydrogen) atoms. The third-order valence-electron chi connectivity index (χ3n) is 2.35. The summed E-state index contributed by atoms with van der Waals surface area (Å²) in [6, 6.07) is 6.05. The maximum Gasteiger partial charge on any atom is 0.0379 e. The Bertz CT molecular complexity index is 461. The first kappa shape index (κ1) is 8.05. The number of fused-ring (bicyclic) bond motifs is 1. The van der Waals surface area contributed by atoms with Gasteiger partial charge >= 0.3 is 0 Å². The third-order valence-corrected chi connectivity index (χ3v) is 2.35. The van der Waals surface area contributed by atoms with Crippen molar-refractivity contribution in [1.82, 2.24) is 4.98 Å². The number of nitrogen functional groups attached to an aromatic ring is 1. The van der Waals surface area contributed by atoms with Crippen LogP contribution in [0, 0.1) is 13.8 Å². The number of nitrogens with zero attached hydrogens (tertiary/aromatic N) is 1. The molecule has 0 fully saturated rings. The molecule has 1 aromatic carbocycles. The van der Waals surface area contributed by atoms with Crippen molar-refractivity contribution < 1.29 is 0 Å². The van der Waals surface area contributed by atoms with E-state index in [-0.39, 0.29) is 0 Å². The number of pyridine rings is 1. The van der Waals surface area contributed by atoms with Crippen LogP contribution in [0.4, 0.5) is 5.69 Å². The normalized spacial score (nSPS) is 10.6. The highest BCUT2D eigenvalue weighted by Gasteiger charge is 2.00. The predicted octanol–water partition coefficient (Wildman–Crippen LogP) is 2.43. The topological polar surface area (TPSA) is 38.9 Å². The van der Waals surface area contributed by atoms with Crippen LogP contribution in [0.2, 0.25) is 0 Å². The van der Waals surface area contributed by atoms with Crippen molar-refractivity contribution in [3.8, 4) is 0 Å². The number of hydrogen-bond acceptors (Lipinski definition) is 2. The number of hydrogen-bond donors (Lipinski definition) is 1. The minimum absolute atomic E-state index is 0.832. The molecule has 0 saturated heterocycles. The molecule has 1 aromatic heterocycles. The fourth-order valence-electron chi connectivity index (χ4n) is 1.49. The van der Waals surface area contributed by atoms with Crippen molar-refractivity contribution in [1.29, 1.82) is 0 Å². The van der Waals surface area contributed by atoms with Gasteiger partial charge in [-0.05, 0) is 36.9 Å². The summed E-state index contributed by atoms with van der Waals surface area (Å²) in [5.74, 6) is 0. The van der Waals surface area contributed by atoms with E-state index in [9.17, 15) is 0 Å². The number of aromatic nitrogens is 1. The summed E-state index contributed by atoms with van der Waals surface area (Å²) in [6.45, 7) is 4.01. The Morgan fingerprint density at radius 3 is 2.77 bits per heavy atom. The highest BCUT2D eigenvalue weighted by molar-refractivity contribution is 5.88. The zero-order valence-corrected chi connectivity index (χ0v) is 7.83. The van der Waals surface area contributed by atoms with Gasteiger partial charge in [-0.3, -0.25) is 4.98 Å². The van der Waals surface area contributed by atoms with E-state index >= 15 is 0 Å². The van der Waals surface area contributed by atoms with Crippen molar-refractivity contribution >= 4 is 16.5 Å². The summed E-state index contributed by atoms with van der Waals surface area (Å²) in [5, 5.41) is 2.35. The summed E-state index contributed by atoms with van der Waals surface area (Å²) in [6.07, 6.45) is 1.89. The average molecular weight is 172 g/mol. The summed E-state index contributed by atoms with van der Waals surface area (Å²) in [5.41, 5.74) is 8.78. The SMILES string of the molecule is Cc1cc2ccc(N)c(C)c2cn1. The lowest BCUT2D eigenvalue weighted by atomic mass is 10.1. The molecule has 0 aliphatic carbocycles. The molecule has 0 unspecified atom stereocenters. The van der Waals surface area contributed by atoms with E-state index in [1.54, 1.807) is 0 Å². The summed E-state index contributed by atoms with van der Waals surface area (Å²) < 4.78 is 0. The molecule has 0 bridgehead atoms. The van der Waals surface area contributed by atoms with Crippen molar-refractivity contribution in [3.05, 3.63) is 35.7 Å². The lowest BCUT2D eigenvalue weighted by molar-refractivity contribution is 1.22. The number of anilines is 1. The lowest BCUT2D eigenvalue weighted by Gasteiger charge is -2.05. The Labute approximate surface area is 77.4 Å². The van der Waals surface area contributed by atoms with E-state index in [0.29, 0.717) is 0 Å². The number of rotatable bonds is 0. The minimum Gasteiger partial charge on any atom is -0.398 e. The smallest absolute Gasteiger partial charge is 0.0379 e. The molecule has 2 heteroatoms. The summed E-state index contributed by atoms with van der Waals surface area (Å²) >= 11 is 0. The maximum atomic E-state index is 5.80. The van der Waals surface area contributed by atoms with E-state index < -0.39 is 0 Å². The molecule has 0 amide bonds. The minimum atomic E-state index is 0.832. The molecule has 0 saturated carbocycles. The van der Waals surface area contributed by atoms with Gasteiger partial charge in [-0.15, -0.1) is 0 Å². The molecular weight excluding hydrogens is 160 g/mol. The van der Waals surface area contributed by atoms with E-state index in [4.69, 9.17) is 5.73 Å². The van der Waals surface area contributed by atoms with E-state index in [2.05, 4.69) is 11.1 Å². The van der Waals surface area contributed by atoms with Crippen LogP contribution in [0.25, 0.3) is 10.8 Å². The van der Waals surface area contributed by atoms with E-state index in [1.807, 2.05) is 32.2 Å². The van der Waals surface area contributed by atoms with Gasteiger partial charge in [0.25, 0.3) is 0 Å². The van der Waals surface area contributed by atoms with Crippen LogP contribution in [-0.4, -0.2) is 4.98 Å².